The minimum absolute atomic E-state index is 0.0695. The number of aromatic nitrogens is 1. The zero-order valence-electron chi connectivity index (χ0n) is 11.4. The van der Waals surface area contributed by atoms with E-state index in [0.717, 1.165) is 30.4 Å². The van der Waals surface area contributed by atoms with E-state index in [9.17, 15) is 4.79 Å². The van der Waals surface area contributed by atoms with Gasteiger partial charge in [-0.2, -0.15) is 0 Å². The van der Waals surface area contributed by atoms with Gasteiger partial charge in [-0.05, 0) is 14.0 Å². The van der Waals surface area contributed by atoms with Crippen LogP contribution in [0.15, 0.2) is 5.38 Å². The van der Waals surface area contributed by atoms with Crippen LogP contribution in [0, 0.1) is 0 Å². The molecule has 0 spiro atoms. The van der Waals surface area contributed by atoms with Gasteiger partial charge in [0.05, 0.1) is 25.3 Å². The van der Waals surface area contributed by atoms with E-state index < -0.39 is 0 Å². The number of rotatable bonds is 5. The minimum atomic E-state index is -0.161. The quantitative estimate of drug-likeness (QED) is 0.769. The molecule has 2 rings (SSSR count). The number of ether oxygens (including phenoxy) is 2. The van der Waals surface area contributed by atoms with Gasteiger partial charge in [0.15, 0.2) is 0 Å². The molecule has 0 N–H and O–H groups in total. The van der Waals surface area contributed by atoms with Gasteiger partial charge in [0.1, 0.15) is 11.1 Å². The van der Waals surface area contributed by atoms with Gasteiger partial charge < -0.3 is 14.4 Å². The molecule has 2 heterocycles. The Labute approximate surface area is 117 Å². The monoisotopic (exact) mass is 284 g/mol. The van der Waals surface area contributed by atoms with E-state index in [1.165, 1.54) is 0 Å². The fraction of sp³-hybridized carbons (Fsp3) is 0.692. The molecule has 5 nitrogen and oxygen atoms in total. The third-order valence-electron chi connectivity index (χ3n) is 3.01. The van der Waals surface area contributed by atoms with Crippen LogP contribution in [0.4, 0.5) is 0 Å². The summed E-state index contributed by atoms with van der Waals surface area (Å²) in [4.78, 5) is 18.1. The minimum Gasteiger partial charge on any atom is -0.466 e. The summed E-state index contributed by atoms with van der Waals surface area (Å²) < 4.78 is 10.6. The molecule has 1 atom stereocenters. The first-order valence-corrected chi connectivity index (χ1v) is 7.47. The van der Waals surface area contributed by atoms with Crippen LogP contribution in [0.5, 0.6) is 0 Å². The molecular weight excluding hydrogens is 264 g/mol. The van der Waals surface area contributed by atoms with Crippen molar-refractivity contribution in [3.63, 3.8) is 0 Å². The Balaban J connectivity index is 1.86. The van der Waals surface area contributed by atoms with Crippen molar-refractivity contribution in [1.29, 1.82) is 0 Å². The largest absolute Gasteiger partial charge is 0.466 e. The number of hydrogen-bond acceptors (Lipinski definition) is 6. The number of hydrogen-bond donors (Lipinski definition) is 0. The number of aryl methyl sites for hydroxylation is 1. The third kappa shape index (κ3) is 4.26. The highest BCUT2D eigenvalue weighted by Gasteiger charge is 2.22. The topological polar surface area (TPSA) is 51.7 Å². The Morgan fingerprint density at radius 2 is 2.53 bits per heavy atom. The number of thiazole rings is 1. The molecule has 1 aromatic heterocycles. The maximum atomic E-state index is 11.3. The van der Waals surface area contributed by atoms with E-state index in [1.54, 1.807) is 11.3 Å². The Hall–Kier alpha value is -0.980. The normalized spacial score (nSPS) is 20.4. The average molecular weight is 284 g/mol. The number of likely N-dealkylation sites (N-methyl/N-ethyl adjacent to an activating group) is 1. The summed E-state index contributed by atoms with van der Waals surface area (Å²) in [6.45, 7) is 4.85. The predicted octanol–water partition coefficient (Wildman–Crippen LogP) is 1.64. The molecule has 0 bridgehead atoms. The van der Waals surface area contributed by atoms with E-state index in [2.05, 4.69) is 16.9 Å². The molecule has 0 saturated carbocycles. The van der Waals surface area contributed by atoms with Crippen LogP contribution in [0.25, 0.3) is 0 Å². The van der Waals surface area contributed by atoms with Gasteiger partial charge in [0, 0.05) is 24.9 Å². The number of morpholine rings is 1. The second-order valence-electron chi connectivity index (χ2n) is 4.60. The van der Waals surface area contributed by atoms with Gasteiger partial charge >= 0.3 is 5.97 Å². The fourth-order valence-electron chi connectivity index (χ4n) is 1.98. The molecule has 0 radical (unpaired) electrons. The van der Waals surface area contributed by atoms with Crippen LogP contribution in [-0.4, -0.2) is 49.2 Å². The molecule has 1 aliphatic rings. The van der Waals surface area contributed by atoms with Gasteiger partial charge in [-0.15, -0.1) is 11.3 Å². The fourth-order valence-corrected chi connectivity index (χ4v) is 2.87. The Morgan fingerprint density at radius 1 is 1.68 bits per heavy atom. The van der Waals surface area contributed by atoms with Gasteiger partial charge in [-0.25, -0.2) is 4.98 Å². The summed E-state index contributed by atoms with van der Waals surface area (Å²) in [6.07, 6.45) is 1.10. The van der Waals surface area contributed by atoms with Crippen LogP contribution in [0.1, 0.15) is 30.2 Å². The van der Waals surface area contributed by atoms with Crippen molar-refractivity contribution in [2.24, 2.45) is 0 Å². The molecule has 106 valence electrons. The molecule has 0 amide bonds. The summed E-state index contributed by atoms with van der Waals surface area (Å²) in [6, 6.07) is 0. The summed E-state index contributed by atoms with van der Waals surface area (Å²) in [5.41, 5.74) is 0.949. The Kier molecular flexibility index (Phi) is 5.30. The van der Waals surface area contributed by atoms with Crippen LogP contribution in [-0.2, 0) is 20.7 Å². The van der Waals surface area contributed by atoms with Gasteiger partial charge in [0.2, 0.25) is 0 Å². The van der Waals surface area contributed by atoms with Crippen molar-refractivity contribution in [2.75, 3.05) is 33.4 Å². The van der Waals surface area contributed by atoms with E-state index in [0.29, 0.717) is 19.4 Å². The number of carbonyl (C=O) groups is 1. The van der Waals surface area contributed by atoms with Crippen molar-refractivity contribution in [3.8, 4) is 0 Å². The van der Waals surface area contributed by atoms with Gasteiger partial charge in [0.25, 0.3) is 0 Å². The Morgan fingerprint density at radius 3 is 3.26 bits per heavy atom. The average Bonchev–Trinajstić information content (AvgIpc) is 2.85. The van der Waals surface area contributed by atoms with E-state index in [4.69, 9.17) is 9.47 Å². The smallest absolute Gasteiger partial charge is 0.306 e. The van der Waals surface area contributed by atoms with Crippen LogP contribution in [0.2, 0.25) is 0 Å². The molecule has 0 aliphatic carbocycles. The highest BCUT2D eigenvalue weighted by molar-refractivity contribution is 7.09. The second-order valence-corrected chi connectivity index (χ2v) is 5.49. The maximum Gasteiger partial charge on any atom is 0.306 e. The molecular formula is C13H20N2O3S. The number of carbonyl (C=O) groups excluding carboxylic acids is 1. The van der Waals surface area contributed by atoms with Crippen molar-refractivity contribution in [3.05, 3.63) is 16.1 Å². The standard InChI is InChI=1S/C13H20N2O3S/c1-3-17-12(16)5-4-10-9-19-13(14-10)11-8-15(2)6-7-18-11/h9,11H,3-8H2,1-2H3. The predicted molar refractivity (Wildman–Crippen MR) is 73.3 cm³/mol. The molecule has 1 saturated heterocycles. The number of esters is 1. The molecule has 0 aromatic carbocycles. The Bertz CT molecular complexity index is 422. The SMILES string of the molecule is CCOC(=O)CCc1csc(C2CN(C)CCO2)n1. The highest BCUT2D eigenvalue weighted by atomic mass is 32.1. The summed E-state index contributed by atoms with van der Waals surface area (Å²) in [7, 11) is 2.09. The second kappa shape index (κ2) is 6.98. The first kappa shape index (κ1) is 14.4. The van der Waals surface area contributed by atoms with Crippen molar-refractivity contribution < 1.29 is 14.3 Å². The number of nitrogens with zero attached hydrogens (tertiary/aromatic N) is 2. The molecule has 1 fully saturated rings. The molecule has 1 aliphatic heterocycles. The molecule has 6 heteroatoms. The summed E-state index contributed by atoms with van der Waals surface area (Å²) in [5, 5.41) is 3.01. The van der Waals surface area contributed by atoms with E-state index >= 15 is 0 Å². The molecule has 1 unspecified atom stereocenters. The van der Waals surface area contributed by atoms with Gasteiger partial charge in [-0.3, -0.25) is 4.79 Å². The lowest BCUT2D eigenvalue weighted by Gasteiger charge is -2.28. The van der Waals surface area contributed by atoms with Crippen molar-refractivity contribution in [1.82, 2.24) is 9.88 Å². The summed E-state index contributed by atoms with van der Waals surface area (Å²) >= 11 is 1.61. The first-order chi connectivity index (χ1) is 9.19. The lowest BCUT2D eigenvalue weighted by molar-refractivity contribution is -0.143. The zero-order valence-corrected chi connectivity index (χ0v) is 12.2. The summed E-state index contributed by atoms with van der Waals surface area (Å²) in [5.74, 6) is -0.161. The molecule has 19 heavy (non-hydrogen) atoms. The third-order valence-corrected chi connectivity index (χ3v) is 3.99. The highest BCUT2D eigenvalue weighted by Crippen LogP contribution is 2.25. The first-order valence-electron chi connectivity index (χ1n) is 6.59. The van der Waals surface area contributed by atoms with Crippen molar-refractivity contribution >= 4 is 17.3 Å². The van der Waals surface area contributed by atoms with Crippen molar-refractivity contribution in [2.45, 2.75) is 25.9 Å². The lowest BCUT2D eigenvalue weighted by atomic mass is 10.2. The van der Waals surface area contributed by atoms with Crippen LogP contribution < -0.4 is 0 Å². The van der Waals surface area contributed by atoms with Crippen LogP contribution >= 0.6 is 11.3 Å². The lowest BCUT2D eigenvalue weighted by Crippen LogP contribution is -2.35. The zero-order chi connectivity index (χ0) is 13.7. The van der Waals surface area contributed by atoms with E-state index in [-0.39, 0.29) is 12.1 Å². The van der Waals surface area contributed by atoms with E-state index in [1.807, 2.05) is 12.3 Å². The van der Waals surface area contributed by atoms with Gasteiger partial charge in [-0.1, -0.05) is 0 Å². The van der Waals surface area contributed by atoms with Crippen LogP contribution in [0.3, 0.4) is 0 Å². The molecule has 1 aromatic rings. The maximum absolute atomic E-state index is 11.3.